The number of rotatable bonds is 4. The maximum atomic E-state index is 13.4. The lowest BCUT2D eigenvalue weighted by atomic mass is 9.82. The van der Waals surface area contributed by atoms with E-state index in [9.17, 15) is 17.6 Å². The Hall–Kier alpha value is -1.47. The maximum Gasteiger partial charge on any atom is 0.251 e. The Bertz CT molecular complexity index is 636. The second-order valence-corrected chi connectivity index (χ2v) is 7.76. The van der Waals surface area contributed by atoms with Crippen molar-refractivity contribution in [2.45, 2.75) is 32.6 Å². The molecule has 0 bridgehead atoms. The molecule has 0 heterocycles. The van der Waals surface area contributed by atoms with Gasteiger partial charge >= 0.3 is 0 Å². The van der Waals surface area contributed by atoms with Crippen molar-refractivity contribution in [2.75, 3.05) is 6.54 Å². The zero-order valence-electron chi connectivity index (χ0n) is 12.6. The molecule has 21 heavy (non-hydrogen) atoms. The van der Waals surface area contributed by atoms with Gasteiger partial charge in [-0.25, -0.2) is 17.9 Å². The van der Waals surface area contributed by atoms with Crippen molar-refractivity contribution in [3.05, 3.63) is 29.6 Å². The van der Waals surface area contributed by atoms with Gasteiger partial charge in [0, 0.05) is 12.1 Å². The topological polar surface area (TPSA) is 89.3 Å². The Morgan fingerprint density at radius 1 is 1.33 bits per heavy atom. The molecular weight excluding hydrogens is 295 g/mol. The van der Waals surface area contributed by atoms with Crippen LogP contribution in [0.15, 0.2) is 23.1 Å². The van der Waals surface area contributed by atoms with E-state index in [-0.39, 0.29) is 16.9 Å². The fraction of sp³-hybridized carbons (Fsp3) is 0.500. The predicted molar refractivity (Wildman–Crippen MR) is 78.7 cm³/mol. The van der Waals surface area contributed by atoms with Gasteiger partial charge in [0.25, 0.3) is 5.91 Å². The minimum atomic E-state index is -4.06. The molecule has 0 aliphatic carbocycles. The number of nitrogens with one attached hydrogen (secondary N) is 1. The first-order valence-electron chi connectivity index (χ1n) is 6.53. The van der Waals surface area contributed by atoms with Crippen LogP contribution in [0.25, 0.3) is 0 Å². The summed E-state index contributed by atoms with van der Waals surface area (Å²) < 4.78 is 35.9. The Morgan fingerprint density at radius 2 is 1.90 bits per heavy atom. The minimum Gasteiger partial charge on any atom is -0.352 e. The first kappa shape index (κ1) is 17.6. The molecule has 0 saturated carbocycles. The fourth-order valence-electron chi connectivity index (χ4n) is 1.51. The number of nitrogens with two attached hydrogens (primary N) is 1. The highest BCUT2D eigenvalue weighted by Gasteiger charge is 2.21. The molecule has 0 fully saturated rings. The average Bonchev–Trinajstić information content (AvgIpc) is 2.32. The summed E-state index contributed by atoms with van der Waals surface area (Å²) in [7, 11) is -4.06. The van der Waals surface area contributed by atoms with Crippen LogP contribution in [0.5, 0.6) is 0 Å². The molecule has 0 aliphatic heterocycles. The summed E-state index contributed by atoms with van der Waals surface area (Å²) >= 11 is 0. The van der Waals surface area contributed by atoms with E-state index in [4.69, 9.17) is 5.14 Å². The second kappa shape index (κ2) is 6.11. The van der Waals surface area contributed by atoms with Gasteiger partial charge in [-0.1, -0.05) is 27.7 Å². The molecule has 1 amide bonds. The van der Waals surface area contributed by atoms with E-state index < -0.39 is 26.6 Å². The van der Waals surface area contributed by atoms with Gasteiger partial charge in [-0.3, -0.25) is 4.79 Å². The van der Waals surface area contributed by atoms with Crippen LogP contribution in [0, 0.1) is 17.2 Å². The molecule has 0 spiro atoms. The van der Waals surface area contributed by atoms with Crippen molar-refractivity contribution in [1.82, 2.24) is 5.32 Å². The third-order valence-corrected chi connectivity index (χ3v) is 4.40. The number of primary sulfonamides is 1. The number of sulfonamides is 1. The number of carbonyl (C=O) groups is 1. The summed E-state index contributed by atoms with van der Waals surface area (Å²) in [4.78, 5) is 11.6. The zero-order chi connectivity index (χ0) is 16.4. The highest BCUT2D eigenvalue weighted by atomic mass is 32.2. The molecule has 0 radical (unpaired) electrons. The van der Waals surface area contributed by atoms with Gasteiger partial charge < -0.3 is 5.32 Å². The molecule has 7 heteroatoms. The molecule has 0 saturated heterocycles. The molecule has 0 aliphatic rings. The van der Waals surface area contributed by atoms with Crippen LogP contribution < -0.4 is 10.5 Å². The molecule has 3 N–H and O–H groups in total. The largest absolute Gasteiger partial charge is 0.352 e. The summed E-state index contributed by atoms with van der Waals surface area (Å²) in [6, 6.07) is 2.82. The van der Waals surface area contributed by atoms with Gasteiger partial charge in [0.2, 0.25) is 10.0 Å². The summed E-state index contributed by atoms with van der Waals surface area (Å²) in [5.74, 6) is -1.15. The van der Waals surface area contributed by atoms with Gasteiger partial charge in [0.05, 0.1) is 4.90 Å². The Balaban J connectivity index is 2.92. The van der Waals surface area contributed by atoms with Crippen LogP contribution in [0.1, 0.15) is 38.1 Å². The molecular formula is C14H21FN2O3S. The van der Waals surface area contributed by atoms with Crippen molar-refractivity contribution in [3.63, 3.8) is 0 Å². The zero-order valence-corrected chi connectivity index (χ0v) is 13.4. The highest BCUT2D eigenvalue weighted by molar-refractivity contribution is 7.89. The van der Waals surface area contributed by atoms with Crippen LogP contribution in [-0.4, -0.2) is 20.9 Å². The summed E-state index contributed by atoms with van der Waals surface area (Å²) in [5.41, 5.74) is -0.0545. The Morgan fingerprint density at radius 3 is 2.38 bits per heavy atom. The molecule has 1 unspecified atom stereocenters. The third kappa shape index (κ3) is 5.09. The Kier molecular flexibility index (Phi) is 5.11. The van der Waals surface area contributed by atoms with Gasteiger partial charge in [0.15, 0.2) is 0 Å². The lowest BCUT2D eigenvalue weighted by molar-refractivity contribution is 0.0936. The molecule has 1 aromatic carbocycles. The molecule has 1 rings (SSSR count). The van der Waals surface area contributed by atoms with Crippen molar-refractivity contribution < 1.29 is 17.6 Å². The van der Waals surface area contributed by atoms with Crippen LogP contribution in [0.3, 0.4) is 0 Å². The second-order valence-electron chi connectivity index (χ2n) is 6.20. The van der Waals surface area contributed by atoms with E-state index in [1.807, 2.05) is 27.7 Å². The minimum absolute atomic E-state index is 0.0149. The predicted octanol–water partition coefficient (Wildman–Crippen LogP) is 1.89. The van der Waals surface area contributed by atoms with E-state index in [0.29, 0.717) is 6.54 Å². The normalized spacial score (nSPS) is 13.8. The lowest BCUT2D eigenvalue weighted by Crippen LogP contribution is -2.33. The first-order chi connectivity index (χ1) is 9.41. The van der Waals surface area contributed by atoms with Crippen molar-refractivity contribution in [3.8, 4) is 0 Å². The SMILES string of the molecule is CC(CNC(=O)c1cc(F)cc(S(N)(=O)=O)c1)C(C)(C)C. The maximum absolute atomic E-state index is 13.4. The number of benzene rings is 1. The van der Waals surface area contributed by atoms with Gasteiger partial charge in [-0.2, -0.15) is 0 Å². The van der Waals surface area contributed by atoms with Gasteiger partial charge in [0.1, 0.15) is 5.82 Å². The van der Waals surface area contributed by atoms with Crippen LogP contribution >= 0.6 is 0 Å². The average molecular weight is 316 g/mol. The number of amides is 1. The fourth-order valence-corrected chi connectivity index (χ4v) is 2.08. The van der Waals surface area contributed by atoms with Crippen LogP contribution in [-0.2, 0) is 10.0 Å². The smallest absolute Gasteiger partial charge is 0.251 e. The van der Waals surface area contributed by atoms with Crippen molar-refractivity contribution in [1.29, 1.82) is 0 Å². The van der Waals surface area contributed by atoms with E-state index in [1.165, 1.54) is 0 Å². The van der Waals surface area contributed by atoms with E-state index in [1.54, 1.807) is 0 Å². The van der Waals surface area contributed by atoms with E-state index in [0.717, 1.165) is 18.2 Å². The highest BCUT2D eigenvalue weighted by Crippen LogP contribution is 2.24. The number of carbonyl (C=O) groups excluding carboxylic acids is 1. The lowest BCUT2D eigenvalue weighted by Gasteiger charge is -2.27. The van der Waals surface area contributed by atoms with E-state index >= 15 is 0 Å². The van der Waals surface area contributed by atoms with Gasteiger partial charge in [-0.05, 0) is 29.5 Å². The molecule has 5 nitrogen and oxygen atoms in total. The van der Waals surface area contributed by atoms with Gasteiger partial charge in [-0.15, -0.1) is 0 Å². The number of halogens is 1. The monoisotopic (exact) mass is 316 g/mol. The summed E-state index contributed by atoms with van der Waals surface area (Å²) in [6.07, 6.45) is 0. The van der Waals surface area contributed by atoms with E-state index in [2.05, 4.69) is 5.32 Å². The molecule has 118 valence electrons. The third-order valence-electron chi connectivity index (χ3n) is 3.51. The standard InChI is InChI=1S/C14H21FN2O3S/c1-9(14(2,3)4)8-17-13(18)10-5-11(15)7-12(6-10)21(16,19)20/h5-7,9H,8H2,1-4H3,(H,17,18)(H2,16,19,20). The van der Waals surface area contributed by atoms with Crippen LogP contribution in [0.4, 0.5) is 4.39 Å². The van der Waals surface area contributed by atoms with Crippen LogP contribution in [0.2, 0.25) is 0 Å². The quantitative estimate of drug-likeness (QED) is 0.889. The molecule has 1 atom stereocenters. The van der Waals surface area contributed by atoms with Crippen molar-refractivity contribution >= 4 is 15.9 Å². The number of hydrogen-bond acceptors (Lipinski definition) is 3. The molecule has 1 aromatic rings. The number of hydrogen-bond donors (Lipinski definition) is 2. The summed E-state index contributed by atoms with van der Waals surface area (Å²) in [5, 5.41) is 7.62. The Labute approximate surface area is 124 Å². The summed E-state index contributed by atoms with van der Waals surface area (Å²) in [6.45, 7) is 8.53. The first-order valence-corrected chi connectivity index (χ1v) is 8.07. The van der Waals surface area contributed by atoms with Crippen molar-refractivity contribution in [2.24, 2.45) is 16.5 Å². The molecule has 0 aromatic heterocycles.